The second kappa shape index (κ2) is 6.63. The van der Waals surface area contributed by atoms with Gasteiger partial charge in [-0.3, -0.25) is 9.59 Å². The molecule has 2 heterocycles. The molecule has 2 amide bonds. The van der Waals surface area contributed by atoms with E-state index in [0.717, 1.165) is 16.7 Å². The van der Waals surface area contributed by atoms with E-state index >= 15 is 0 Å². The lowest BCUT2D eigenvalue weighted by Crippen LogP contribution is -2.41. The van der Waals surface area contributed by atoms with Crippen molar-refractivity contribution in [2.24, 2.45) is 0 Å². The van der Waals surface area contributed by atoms with Gasteiger partial charge in [0.25, 0.3) is 11.8 Å². The molecule has 0 unspecified atom stereocenters. The van der Waals surface area contributed by atoms with Gasteiger partial charge in [-0.1, -0.05) is 12.0 Å². The van der Waals surface area contributed by atoms with Crippen molar-refractivity contribution in [3.63, 3.8) is 0 Å². The van der Waals surface area contributed by atoms with Crippen molar-refractivity contribution in [2.45, 2.75) is 19.8 Å². The van der Waals surface area contributed by atoms with Crippen molar-refractivity contribution >= 4 is 11.8 Å². The molecule has 0 spiro atoms. The van der Waals surface area contributed by atoms with Gasteiger partial charge in [0.1, 0.15) is 5.92 Å². The summed E-state index contributed by atoms with van der Waals surface area (Å²) in [4.78, 5) is 30.9. The molecule has 2 aliphatic rings. The Morgan fingerprint density at radius 1 is 1.08 bits per heavy atom. The Labute approximate surface area is 141 Å². The maximum absolute atomic E-state index is 12.8. The zero-order chi connectivity index (χ0) is 17.3. The molecule has 0 N–H and O–H groups in total. The van der Waals surface area contributed by atoms with Crippen molar-refractivity contribution < 1.29 is 14.4 Å². The lowest BCUT2D eigenvalue weighted by atomic mass is 9.92. The van der Waals surface area contributed by atoms with Crippen molar-refractivity contribution in [1.29, 1.82) is 0 Å². The summed E-state index contributed by atoms with van der Waals surface area (Å²) in [6.45, 7) is 5.78. The van der Waals surface area contributed by atoms with Crippen LogP contribution in [0.15, 0.2) is 18.2 Å². The van der Waals surface area contributed by atoms with Gasteiger partial charge in [-0.15, -0.1) is 5.92 Å². The van der Waals surface area contributed by atoms with Crippen molar-refractivity contribution in [2.75, 3.05) is 33.3 Å². The van der Waals surface area contributed by atoms with Crippen molar-refractivity contribution in [3.05, 3.63) is 34.9 Å². The minimum Gasteiger partial charge on any atom is -0.302 e. The van der Waals surface area contributed by atoms with Gasteiger partial charge in [0.2, 0.25) is 0 Å². The Bertz CT molecular complexity index is 709. The lowest BCUT2D eigenvalue weighted by Gasteiger charge is -2.23. The first kappa shape index (κ1) is 16.5. The highest BCUT2D eigenvalue weighted by Gasteiger charge is 2.47. The van der Waals surface area contributed by atoms with E-state index in [1.54, 1.807) is 29.1 Å². The summed E-state index contributed by atoms with van der Waals surface area (Å²) in [6, 6.07) is 5.65. The predicted molar refractivity (Wildman–Crippen MR) is 88.5 cm³/mol. The molecule has 0 aliphatic carbocycles. The lowest BCUT2D eigenvalue weighted by molar-refractivity contribution is -0.145. The summed E-state index contributed by atoms with van der Waals surface area (Å²) < 4.78 is 0. The predicted octanol–water partition coefficient (Wildman–Crippen LogP) is 0.913. The molecule has 6 heteroatoms. The van der Waals surface area contributed by atoms with E-state index in [2.05, 4.69) is 11.8 Å². The van der Waals surface area contributed by atoms with Gasteiger partial charge in [-0.25, -0.2) is 10.0 Å². The molecule has 0 atom stereocenters. The molecule has 6 nitrogen and oxygen atoms in total. The van der Waals surface area contributed by atoms with Crippen LogP contribution in [0.4, 0.5) is 0 Å². The van der Waals surface area contributed by atoms with Crippen LogP contribution in [0.25, 0.3) is 0 Å². The minimum atomic E-state index is -0.747. The summed E-state index contributed by atoms with van der Waals surface area (Å²) in [7, 11) is 1.60. The highest BCUT2D eigenvalue weighted by Crippen LogP contribution is 2.32. The Morgan fingerprint density at radius 3 is 2.21 bits per heavy atom. The van der Waals surface area contributed by atoms with Crippen LogP contribution in [0.3, 0.4) is 0 Å². The molecule has 3 rings (SSSR count). The van der Waals surface area contributed by atoms with Gasteiger partial charge in [0.15, 0.2) is 0 Å². The van der Waals surface area contributed by atoms with E-state index in [-0.39, 0.29) is 11.8 Å². The molecule has 0 bridgehead atoms. The van der Waals surface area contributed by atoms with Gasteiger partial charge in [0, 0.05) is 18.7 Å². The van der Waals surface area contributed by atoms with E-state index in [1.807, 2.05) is 25.1 Å². The SMILES string of the molecule is CC#Cc1ccc(C2C(=O)N3CCN(OC)CCN3C2=O)c(C)c1. The maximum Gasteiger partial charge on any atom is 0.258 e. The van der Waals surface area contributed by atoms with Crippen LogP contribution in [0.2, 0.25) is 0 Å². The largest absolute Gasteiger partial charge is 0.302 e. The molecule has 1 aromatic carbocycles. The van der Waals surface area contributed by atoms with Crippen LogP contribution in [0, 0.1) is 18.8 Å². The molecule has 0 radical (unpaired) electrons. The third-order valence-electron chi connectivity index (χ3n) is 4.52. The van der Waals surface area contributed by atoms with Gasteiger partial charge < -0.3 is 4.84 Å². The number of hydrazine groups is 1. The molecule has 24 heavy (non-hydrogen) atoms. The second-order valence-corrected chi connectivity index (χ2v) is 5.91. The number of fused-ring (bicyclic) bond motifs is 1. The first-order chi connectivity index (χ1) is 11.6. The summed E-state index contributed by atoms with van der Waals surface area (Å²) in [6.07, 6.45) is 0. The minimum absolute atomic E-state index is 0.157. The van der Waals surface area contributed by atoms with E-state index in [4.69, 9.17) is 4.84 Å². The number of nitrogens with zero attached hydrogens (tertiary/aromatic N) is 3. The number of hydrogen-bond acceptors (Lipinski definition) is 4. The Kier molecular flexibility index (Phi) is 4.56. The van der Waals surface area contributed by atoms with Crippen LogP contribution in [0.5, 0.6) is 0 Å². The molecule has 126 valence electrons. The smallest absolute Gasteiger partial charge is 0.258 e. The zero-order valence-corrected chi connectivity index (χ0v) is 14.2. The molecule has 1 aromatic rings. The highest BCUT2D eigenvalue weighted by molar-refractivity contribution is 6.10. The average molecular weight is 327 g/mol. The topological polar surface area (TPSA) is 53.1 Å². The molecular weight excluding hydrogens is 306 g/mol. The van der Waals surface area contributed by atoms with E-state index in [0.29, 0.717) is 26.2 Å². The summed E-state index contributed by atoms with van der Waals surface area (Å²) in [5, 5.41) is 4.88. The fraction of sp³-hybridized carbons (Fsp3) is 0.444. The van der Waals surface area contributed by atoms with Gasteiger partial charge in [-0.2, -0.15) is 5.06 Å². The quantitative estimate of drug-likeness (QED) is 0.599. The summed E-state index contributed by atoms with van der Waals surface area (Å²) in [5.74, 6) is 4.79. The number of hydroxylamine groups is 2. The van der Waals surface area contributed by atoms with Crippen LogP contribution in [-0.4, -0.2) is 60.2 Å². The number of amides is 2. The van der Waals surface area contributed by atoms with Crippen LogP contribution in [0.1, 0.15) is 29.5 Å². The third kappa shape index (κ3) is 2.77. The Morgan fingerprint density at radius 2 is 1.71 bits per heavy atom. The Balaban J connectivity index is 1.89. The molecule has 2 fully saturated rings. The number of carbonyl (C=O) groups excluding carboxylic acids is 2. The number of benzene rings is 1. The normalized spacial score (nSPS) is 19.1. The van der Waals surface area contributed by atoms with Gasteiger partial charge in [0.05, 0.1) is 20.2 Å². The zero-order valence-electron chi connectivity index (χ0n) is 14.2. The third-order valence-corrected chi connectivity index (χ3v) is 4.52. The number of carbonyl (C=O) groups is 2. The molecule has 0 saturated carbocycles. The molecule has 0 aromatic heterocycles. The standard InChI is InChI=1S/C18H21N3O3/c1-4-5-14-6-7-15(13(2)12-14)16-17(22)20-10-8-19(24-3)9-11-21(20)18(16)23/h6-7,12,16H,8-11H2,1-3H3. The van der Waals surface area contributed by atoms with Crippen LogP contribution < -0.4 is 0 Å². The monoisotopic (exact) mass is 327 g/mol. The summed E-state index contributed by atoms with van der Waals surface area (Å²) >= 11 is 0. The van der Waals surface area contributed by atoms with Crippen LogP contribution in [-0.2, 0) is 14.4 Å². The van der Waals surface area contributed by atoms with Crippen LogP contribution >= 0.6 is 0 Å². The number of hydrogen-bond donors (Lipinski definition) is 0. The highest BCUT2D eigenvalue weighted by atomic mass is 16.7. The summed E-state index contributed by atoms with van der Waals surface area (Å²) in [5.41, 5.74) is 2.57. The van der Waals surface area contributed by atoms with Gasteiger partial charge in [-0.05, 0) is 37.1 Å². The number of aryl methyl sites for hydroxylation is 1. The van der Waals surface area contributed by atoms with Crippen molar-refractivity contribution in [1.82, 2.24) is 15.1 Å². The van der Waals surface area contributed by atoms with Crippen molar-refractivity contribution in [3.8, 4) is 11.8 Å². The van der Waals surface area contributed by atoms with E-state index in [9.17, 15) is 9.59 Å². The van der Waals surface area contributed by atoms with Gasteiger partial charge >= 0.3 is 0 Å². The van der Waals surface area contributed by atoms with E-state index < -0.39 is 5.92 Å². The molecule has 2 saturated heterocycles. The molecular formula is C18H21N3O3. The van der Waals surface area contributed by atoms with E-state index in [1.165, 1.54) is 0 Å². The maximum atomic E-state index is 12.8. The fourth-order valence-corrected chi connectivity index (χ4v) is 3.30. The first-order valence-electron chi connectivity index (χ1n) is 8.02. The Hall–Kier alpha value is -2.36. The molecule has 2 aliphatic heterocycles. The first-order valence-corrected chi connectivity index (χ1v) is 8.02. The average Bonchev–Trinajstić information content (AvgIpc) is 2.72. The second-order valence-electron chi connectivity index (χ2n) is 5.91. The fourth-order valence-electron chi connectivity index (χ4n) is 3.30. The number of rotatable bonds is 2.